The van der Waals surface area contributed by atoms with E-state index in [-0.39, 0.29) is 11.9 Å². The van der Waals surface area contributed by atoms with Crippen LogP contribution in [0.1, 0.15) is 150 Å². The SMILES string of the molecule is CCCCCCCCCCCCCCOC(=O)CCCCC(=O)OCCC(C)CCC=C(C)C. The lowest BCUT2D eigenvalue weighted by atomic mass is 10.0. The van der Waals surface area contributed by atoms with Gasteiger partial charge in [0, 0.05) is 12.8 Å². The summed E-state index contributed by atoms with van der Waals surface area (Å²) < 4.78 is 10.6. The molecule has 1 unspecified atom stereocenters. The molecule has 0 aromatic rings. The van der Waals surface area contributed by atoms with Crippen LogP contribution in [0, 0.1) is 5.92 Å². The monoisotopic (exact) mass is 480 g/mol. The highest BCUT2D eigenvalue weighted by Gasteiger charge is 2.08. The normalized spacial score (nSPS) is 11.8. The number of esters is 2. The van der Waals surface area contributed by atoms with Crippen LogP contribution < -0.4 is 0 Å². The molecule has 0 heterocycles. The molecule has 200 valence electrons. The Kier molecular flexibility index (Phi) is 23.8. The number of hydrogen-bond acceptors (Lipinski definition) is 4. The molecule has 0 fully saturated rings. The summed E-state index contributed by atoms with van der Waals surface area (Å²) in [5, 5.41) is 0. The van der Waals surface area contributed by atoms with E-state index in [1.165, 1.54) is 69.8 Å². The fourth-order valence-corrected chi connectivity index (χ4v) is 3.99. The third kappa shape index (κ3) is 25.3. The molecule has 0 saturated carbocycles. The maximum atomic E-state index is 11.8. The first kappa shape index (κ1) is 32.7. The quantitative estimate of drug-likeness (QED) is 0.0785. The third-order valence-corrected chi connectivity index (χ3v) is 6.36. The Bertz CT molecular complexity index is 508. The summed E-state index contributed by atoms with van der Waals surface area (Å²) in [6.07, 6.45) is 23.2. The number of unbranched alkanes of at least 4 members (excludes halogenated alkanes) is 12. The second-order valence-corrected chi connectivity index (χ2v) is 10.3. The zero-order valence-corrected chi connectivity index (χ0v) is 23.1. The Morgan fingerprint density at radius 2 is 1.12 bits per heavy atom. The average molecular weight is 481 g/mol. The van der Waals surface area contributed by atoms with Gasteiger partial charge in [0.25, 0.3) is 0 Å². The Hall–Kier alpha value is -1.32. The Labute approximate surface area is 211 Å². The van der Waals surface area contributed by atoms with E-state index in [0.29, 0.717) is 44.8 Å². The van der Waals surface area contributed by atoms with E-state index in [9.17, 15) is 9.59 Å². The van der Waals surface area contributed by atoms with Crippen LogP contribution in [0.25, 0.3) is 0 Å². The number of carbonyl (C=O) groups excluding carboxylic acids is 2. The van der Waals surface area contributed by atoms with Gasteiger partial charge in [-0.3, -0.25) is 9.59 Å². The van der Waals surface area contributed by atoms with Crippen molar-refractivity contribution in [3.8, 4) is 0 Å². The van der Waals surface area contributed by atoms with Crippen molar-refractivity contribution < 1.29 is 19.1 Å². The van der Waals surface area contributed by atoms with E-state index in [4.69, 9.17) is 9.47 Å². The van der Waals surface area contributed by atoms with E-state index in [1.54, 1.807) is 0 Å². The summed E-state index contributed by atoms with van der Waals surface area (Å²) >= 11 is 0. The molecular weight excluding hydrogens is 424 g/mol. The molecule has 0 spiro atoms. The molecular formula is C30H56O4. The highest BCUT2D eigenvalue weighted by molar-refractivity contribution is 5.70. The minimum Gasteiger partial charge on any atom is -0.466 e. The maximum absolute atomic E-state index is 11.8. The molecule has 0 amide bonds. The van der Waals surface area contributed by atoms with Crippen molar-refractivity contribution >= 4 is 11.9 Å². The highest BCUT2D eigenvalue weighted by Crippen LogP contribution is 2.13. The molecule has 0 aromatic carbocycles. The van der Waals surface area contributed by atoms with Gasteiger partial charge in [0.15, 0.2) is 0 Å². The maximum Gasteiger partial charge on any atom is 0.305 e. The fourth-order valence-electron chi connectivity index (χ4n) is 3.99. The number of allylic oxidation sites excluding steroid dienone is 2. The largest absolute Gasteiger partial charge is 0.466 e. The van der Waals surface area contributed by atoms with E-state index in [2.05, 4.69) is 33.8 Å². The van der Waals surface area contributed by atoms with Crippen LogP contribution in [0.15, 0.2) is 11.6 Å². The Balaban J connectivity index is 3.40. The average Bonchev–Trinajstić information content (AvgIpc) is 2.79. The van der Waals surface area contributed by atoms with E-state index in [1.807, 2.05) is 0 Å². The number of carbonyl (C=O) groups is 2. The molecule has 34 heavy (non-hydrogen) atoms. The van der Waals surface area contributed by atoms with Gasteiger partial charge in [0.05, 0.1) is 13.2 Å². The van der Waals surface area contributed by atoms with Crippen molar-refractivity contribution in [1.82, 2.24) is 0 Å². The summed E-state index contributed by atoms with van der Waals surface area (Å²) in [5.74, 6) is 0.270. The first-order valence-electron chi connectivity index (χ1n) is 14.4. The van der Waals surface area contributed by atoms with Crippen molar-refractivity contribution in [3.63, 3.8) is 0 Å². The van der Waals surface area contributed by atoms with Crippen molar-refractivity contribution in [2.24, 2.45) is 5.92 Å². The topological polar surface area (TPSA) is 52.6 Å². The number of rotatable bonds is 24. The van der Waals surface area contributed by atoms with Crippen molar-refractivity contribution in [3.05, 3.63) is 11.6 Å². The lowest BCUT2D eigenvalue weighted by molar-refractivity contribution is -0.146. The zero-order chi connectivity index (χ0) is 25.3. The molecule has 0 aliphatic rings. The van der Waals surface area contributed by atoms with Gasteiger partial charge in [0.1, 0.15) is 0 Å². The molecule has 0 bridgehead atoms. The van der Waals surface area contributed by atoms with Crippen LogP contribution in [-0.4, -0.2) is 25.2 Å². The lowest BCUT2D eigenvalue weighted by Crippen LogP contribution is -2.09. The van der Waals surface area contributed by atoms with Gasteiger partial charge in [-0.05, 0) is 58.3 Å². The smallest absolute Gasteiger partial charge is 0.305 e. The summed E-state index contributed by atoms with van der Waals surface area (Å²) in [6, 6.07) is 0. The molecule has 0 aliphatic heterocycles. The second kappa shape index (κ2) is 24.8. The summed E-state index contributed by atoms with van der Waals surface area (Å²) in [5.41, 5.74) is 1.35. The highest BCUT2D eigenvalue weighted by atomic mass is 16.5. The minimum absolute atomic E-state index is 0.137. The fraction of sp³-hybridized carbons (Fsp3) is 0.867. The van der Waals surface area contributed by atoms with Gasteiger partial charge < -0.3 is 9.47 Å². The first-order chi connectivity index (χ1) is 16.5. The molecule has 0 aliphatic carbocycles. The van der Waals surface area contributed by atoms with Crippen LogP contribution in [-0.2, 0) is 19.1 Å². The van der Waals surface area contributed by atoms with Gasteiger partial charge >= 0.3 is 11.9 Å². The van der Waals surface area contributed by atoms with Gasteiger partial charge in [0.2, 0.25) is 0 Å². The van der Waals surface area contributed by atoms with Crippen molar-refractivity contribution in [2.75, 3.05) is 13.2 Å². The van der Waals surface area contributed by atoms with Crippen LogP contribution in [0.4, 0.5) is 0 Å². The third-order valence-electron chi connectivity index (χ3n) is 6.36. The summed E-state index contributed by atoms with van der Waals surface area (Å²) in [7, 11) is 0. The number of hydrogen-bond donors (Lipinski definition) is 0. The first-order valence-corrected chi connectivity index (χ1v) is 14.4. The van der Waals surface area contributed by atoms with Gasteiger partial charge in [-0.1, -0.05) is 96.1 Å². The molecule has 0 rings (SSSR count). The van der Waals surface area contributed by atoms with Gasteiger partial charge in [-0.25, -0.2) is 0 Å². The molecule has 0 aromatic heterocycles. The lowest BCUT2D eigenvalue weighted by Gasteiger charge is -2.10. The predicted octanol–water partition coefficient (Wildman–Crippen LogP) is 9.11. The number of ether oxygens (including phenoxy) is 2. The van der Waals surface area contributed by atoms with Crippen LogP contribution in [0.5, 0.6) is 0 Å². The summed E-state index contributed by atoms with van der Waals surface area (Å²) in [4.78, 5) is 23.7. The molecule has 4 nitrogen and oxygen atoms in total. The van der Waals surface area contributed by atoms with Crippen LogP contribution in [0.3, 0.4) is 0 Å². The minimum atomic E-state index is -0.152. The molecule has 4 heteroatoms. The van der Waals surface area contributed by atoms with E-state index >= 15 is 0 Å². The standard InChI is InChI=1S/C30H56O4/c1-5-6-7-8-9-10-11-12-13-14-15-18-25-33-29(31)22-16-17-23-30(32)34-26-24-28(4)21-19-20-27(2)3/h20,28H,5-19,21-26H2,1-4H3. The van der Waals surface area contributed by atoms with Crippen LogP contribution in [0.2, 0.25) is 0 Å². The van der Waals surface area contributed by atoms with E-state index < -0.39 is 0 Å². The van der Waals surface area contributed by atoms with Crippen LogP contribution >= 0.6 is 0 Å². The predicted molar refractivity (Wildman–Crippen MR) is 144 cm³/mol. The van der Waals surface area contributed by atoms with Crippen molar-refractivity contribution in [1.29, 1.82) is 0 Å². The van der Waals surface area contributed by atoms with E-state index in [0.717, 1.165) is 32.1 Å². The molecule has 0 saturated heterocycles. The molecule has 0 radical (unpaired) electrons. The summed E-state index contributed by atoms with van der Waals surface area (Å²) in [6.45, 7) is 9.73. The zero-order valence-electron chi connectivity index (χ0n) is 23.1. The van der Waals surface area contributed by atoms with Gasteiger partial charge in [-0.15, -0.1) is 0 Å². The van der Waals surface area contributed by atoms with Gasteiger partial charge in [-0.2, -0.15) is 0 Å². The molecule has 0 N–H and O–H groups in total. The van der Waals surface area contributed by atoms with Crippen molar-refractivity contribution in [2.45, 2.75) is 150 Å². The molecule has 1 atom stereocenters. The Morgan fingerprint density at radius 3 is 1.62 bits per heavy atom. The Morgan fingerprint density at radius 1 is 0.647 bits per heavy atom. The second-order valence-electron chi connectivity index (χ2n) is 10.3.